The molecule has 2 N–H and O–H groups in total. The van der Waals surface area contributed by atoms with Crippen LogP contribution in [-0.4, -0.2) is 22.6 Å². The van der Waals surface area contributed by atoms with Crippen molar-refractivity contribution in [2.24, 2.45) is 0 Å². The number of nitrogens with one attached hydrogen (secondary N) is 1. The molecule has 0 fully saturated rings. The zero-order valence-corrected chi connectivity index (χ0v) is 10.6. The van der Waals surface area contributed by atoms with Crippen LogP contribution in [0.1, 0.15) is 22.5 Å². The Labute approximate surface area is 109 Å². The number of rotatable bonds is 5. The molecule has 5 heteroatoms. The number of hydrogen-bond donors (Lipinski definition) is 2. The number of carbonyl (C=O) groups excluding carboxylic acids is 1. The number of hydrogen-bond acceptors (Lipinski definition) is 4. The van der Waals surface area contributed by atoms with Gasteiger partial charge in [0.2, 0.25) is 0 Å². The second-order valence-electron chi connectivity index (χ2n) is 3.86. The van der Waals surface area contributed by atoms with Crippen molar-refractivity contribution in [3.05, 3.63) is 46.4 Å². The summed E-state index contributed by atoms with van der Waals surface area (Å²) in [7, 11) is 0. The van der Waals surface area contributed by atoms with Crippen LogP contribution in [0.2, 0.25) is 0 Å². The highest BCUT2D eigenvalue weighted by Crippen LogP contribution is 2.13. The summed E-state index contributed by atoms with van der Waals surface area (Å²) < 4.78 is 0. The second kappa shape index (κ2) is 6.28. The molecule has 18 heavy (non-hydrogen) atoms. The van der Waals surface area contributed by atoms with Crippen LogP contribution in [0.3, 0.4) is 0 Å². The highest BCUT2D eigenvalue weighted by molar-refractivity contribution is 7.07. The van der Waals surface area contributed by atoms with Crippen LogP contribution in [0, 0.1) is 0 Å². The van der Waals surface area contributed by atoms with Gasteiger partial charge in [-0.25, -0.2) is 4.98 Å². The van der Waals surface area contributed by atoms with E-state index in [2.05, 4.69) is 10.3 Å². The lowest BCUT2D eigenvalue weighted by Crippen LogP contribution is -2.12. The molecule has 0 aliphatic rings. The van der Waals surface area contributed by atoms with Crippen LogP contribution in [0.15, 0.2) is 35.2 Å². The van der Waals surface area contributed by atoms with Gasteiger partial charge in [0.25, 0.3) is 5.91 Å². The van der Waals surface area contributed by atoms with Gasteiger partial charge in [0, 0.05) is 17.7 Å². The van der Waals surface area contributed by atoms with Gasteiger partial charge in [-0.1, -0.05) is 12.1 Å². The van der Waals surface area contributed by atoms with E-state index in [1.807, 2.05) is 24.3 Å². The lowest BCUT2D eigenvalue weighted by Gasteiger charge is -2.05. The Balaban J connectivity index is 2.03. The number of thiazole rings is 1. The van der Waals surface area contributed by atoms with Crippen molar-refractivity contribution in [1.29, 1.82) is 0 Å². The van der Waals surface area contributed by atoms with Gasteiger partial charge in [0.1, 0.15) is 5.69 Å². The third-order valence-electron chi connectivity index (χ3n) is 2.47. The van der Waals surface area contributed by atoms with Gasteiger partial charge in [-0.3, -0.25) is 4.79 Å². The van der Waals surface area contributed by atoms with Crippen LogP contribution in [0.4, 0.5) is 5.69 Å². The van der Waals surface area contributed by atoms with Crippen molar-refractivity contribution in [2.45, 2.75) is 12.8 Å². The van der Waals surface area contributed by atoms with E-state index >= 15 is 0 Å². The number of carbonyl (C=O) groups is 1. The van der Waals surface area contributed by atoms with Crippen molar-refractivity contribution >= 4 is 22.9 Å². The molecule has 0 atom stereocenters. The summed E-state index contributed by atoms with van der Waals surface area (Å²) in [6.45, 7) is 0.176. The molecule has 2 rings (SSSR count). The maximum absolute atomic E-state index is 11.8. The Hall–Kier alpha value is -1.72. The van der Waals surface area contributed by atoms with E-state index in [-0.39, 0.29) is 12.5 Å². The lowest BCUT2D eigenvalue weighted by molar-refractivity contribution is 0.102. The first-order chi connectivity index (χ1) is 8.79. The summed E-state index contributed by atoms with van der Waals surface area (Å²) in [5.74, 6) is -0.199. The first kappa shape index (κ1) is 12.7. The molecule has 0 radical (unpaired) electrons. The molecule has 0 saturated heterocycles. The molecular formula is C13H14N2O2S. The van der Waals surface area contributed by atoms with Crippen LogP contribution >= 0.6 is 11.3 Å². The van der Waals surface area contributed by atoms with Gasteiger partial charge >= 0.3 is 0 Å². The number of aliphatic hydroxyl groups excluding tert-OH is 1. The number of amides is 1. The van der Waals surface area contributed by atoms with E-state index in [1.165, 1.54) is 11.3 Å². The number of aryl methyl sites for hydroxylation is 1. The number of aliphatic hydroxyl groups is 1. The molecule has 1 aromatic heterocycles. The van der Waals surface area contributed by atoms with Crippen LogP contribution in [0.5, 0.6) is 0 Å². The minimum absolute atomic E-state index is 0.176. The van der Waals surface area contributed by atoms with E-state index in [1.54, 1.807) is 10.9 Å². The van der Waals surface area contributed by atoms with Crippen molar-refractivity contribution in [2.75, 3.05) is 11.9 Å². The average molecular weight is 262 g/mol. The predicted molar refractivity (Wildman–Crippen MR) is 71.9 cm³/mol. The summed E-state index contributed by atoms with van der Waals surface area (Å²) in [5, 5.41) is 13.3. The Morgan fingerprint density at radius 3 is 3.06 bits per heavy atom. The van der Waals surface area contributed by atoms with Gasteiger partial charge in [-0.15, -0.1) is 11.3 Å². The molecule has 0 spiro atoms. The second-order valence-corrected chi connectivity index (χ2v) is 4.57. The molecule has 1 aromatic carbocycles. The fraction of sp³-hybridized carbons (Fsp3) is 0.231. The Morgan fingerprint density at radius 2 is 2.33 bits per heavy atom. The molecule has 94 valence electrons. The molecule has 0 aliphatic heterocycles. The smallest absolute Gasteiger partial charge is 0.275 e. The zero-order valence-electron chi connectivity index (χ0n) is 9.80. The van der Waals surface area contributed by atoms with E-state index in [4.69, 9.17) is 5.11 Å². The highest BCUT2D eigenvalue weighted by Gasteiger charge is 2.07. The molecule has 0 saturated carbocycles. The number of anilines is 1. The Kier molecular flexibility index (Phi) is 4.44. The molecule has 0 bridgehead atoms. The first-order valence-electron chi connectivity index (χ1n) is 5.69. The van der Waals surface area contributed by atoms with Gasteiger partial charge in [0.05, 0.1) is 5.51 Å². The standard InChI is InChI=1S/C13H14N2O2S/c16-6-2-4-10-3-1-5-11(7-10)15-13(17)12-8-18-9-14-12/h1,3,5,7-9,16H,2,4,6H2,(H,15,17). The minimum Gasteiger partial charge on any atom is -0.396 e. The fourth-order valence-corrected chi connectivity index (χ4v) is 2.14. The van der Waals surface area contributed by atoms with Crippen molar-refractivity contribution in [3.63, 3.8) is 0 Å². The molecule has 1 amide bonds. The molecule has 1 heterocycles. The van der Waals surface area contributed by atoms with Gasteiger partial charge in [-0.05, 0) is 30.5 Å². The third kappa shape index (κ3) is 3.38. The minimum atomic E-state index is -0.199. The molecule has 0 aliphatic carbocycles. The van der Waals surface area contributed by atoms with Crippen molar-refractivity contribution in [1.82, 2.24) is 4.98 Å². The van der Waals surface area contributed by atoms with Gasteiger partial charge in [0.15, 0.2) is 0 Å². The van der Waals surface area contributed by atoms with E-state index in [0.29, 0.717) is 5.69 Å². The molecule has 0 unspecified atom stereocenters. The fourth-order valence-electron chi connectivity index (χ4n) is 1.61. The summed E-state index contributed by atoms with van der Waals surface area (Å²) in [5.41, 5.74) is 3.91. The first-order valence-corrected chi connectivity index (χ1v) is 6.63. The van der Waals surface area contributed by atoms with Gasteiger partial charge < -0.3 is 10.4 Å². The summed E-state index contributed by atoms with van der Waals surface area (Å²) in [4.78, 5) is 15.8. The van der Waals surface area contributed by atoms with E-state index in [9.17, 15) is 4.79 Å². The van der Waals surface area contributed by atoms with Crippen LogP contribution in [-0.2, 0) is 6.42 Å². The van der Waals surface area contributed by atoms with E-state index in [0.717, 1.165) is 24.1 Å². The van der Waals surface area contributed by atoms with E-state index < -0.39 is 0 Å². The van der Waals surface area contributed by atoms with Crippen LogP contribution < -0.4 is 5.32 Å². The maximum atomic E-state index is 11.8. The Morgan fingerprint density at radius 1 is 1.44 bits per heavy atom. The largest absolute Gasteiger partial charge is 0.396 e. The number of benzene rings is 1. The maximum Gasteiger partial charge on any atom is 0.275 e. The Bertz CT molecular complexity index is 511. The highest BCUT2D eigenvalue weighted by atomic mass is 32.1. The molecule has 4 nitrogen and oxygen atoms in total. The molecular weight excluding hydrogens is 248 g/mol. The average Bonchev–Trinajstić information content (AvgIpc) is 2.91. The van der Waals surface area contributed by atoms with Crippen molar-refractivity contribution in [3.8, 4) is 0 Å². The summed E-state index contributed by atoms with van der Waals surface area (Å²) in [6.07, 6.45) is 1.53. The summed E-state index contributed by atoms with van der Waals surface area (Å²) >= 11 is 1.39. The number of aromatic nitrogens is 1. The van der Waals surface area contributed by atoms with Gasteiger partial charge in [-0.2, -0.15) is 0 Å². The summed E-state index contributed by atoms with van der Waals surface area (Å²) in [6, 6.07) is 7.63. The third-order valence-corrected chi connectivity index (χ3v) is 3.06. The predicted octanol–water partition coefficient (Wildman–Crippen LogP) is 2.32. The quantitative estimate of drug-likeness (QED) is 0.869. The van der Waals surface area contributed by atoms with Crippen LogP contribution in [0.25, 0.3) is 0 Å². The van der Waals surface area contributed by atoms with Crippen molar-refractivity contribution < 1.29 is 9.90 Å². The number of nitrogens with zero attached hydrogens (tertiary/aromatic N) is 1. The lowest BCUT2D eigenvalue weighted by atomic mass is 10.1. The normalized spacial score (nSPS) is 10.3. The zero-order chi connectivity index (χ0) is 12.8. The monoisotopic (exact) mass is 262 g/mol. The topological polar surface area (TPSA) is 62.2 Å². The molecule has 2 aromatic rings. The SMILES string of the molecule is O=C(Nc1cccc(CCCO)c1)c1cscn1.